The summed E-state index contributed by atoms with van der Waals surface area (Å²) >= 11 is 0.468. The summed E-state index contributed by atoms with van der Waals surface area (Å²) in [5.41, 5.74) is 6.57. The summed E-state index contributed by atoms with van der Waals surface area (Å²) in [5, 5.41) is 0.964. The fraction of sp³-hybridized carbons (Fsp3) is 0.689. The van der Waals surface area contributed by atoms with Crippen molar-refractivity contribution < 1.29 is 33.4 Å². The topological polar surface area (TPSA) is 122 Å². The molecule has 8 nitrogen and oxygen atoms in total. The van der Waals surface area contributed by atoms with Crippen LogP contribution in [0.2, 0.25) is 11.1 Å². The second-order valence-corrected chi connectivity index (χ2v) is 21.3. The maximum absolute atomic E-state index is 14.9. The van der Waals surface area contributed by atoms with Crippen LogP contribution in [0, 0.1) is 50.2 Å². The zero-order valence-electron chi connectivity index (χ0n) is 34.0. The molecule has 2 N–H and O–H groups in total. The van der Waals surface area contributed by atoms with E-state index < -0.39 is 17.4 Å². The fourth-order valence-corrected chi connectivity index (χ4v) is 13.3. The number of ether oxygens (including phenoxy) is 3. The van der Waals surface area contributed by atoms with Crippen molar-refractivity contribution in [3.05, 3.63) is 47.6 Å². The molecule has 4 fully saturated rings. The average Bonchev–Trinajstić information content (AvgIpc) is 3.12. The molecule has 1 aromatic rings. The molecule has 5 aliphatic carbocycles. The van der Waals surface area contributed by atoms with Crippen LogP contribution in [0.1, 0.15) is 118 Å². The molecule has 10 atom stereocenters. The van der Waals surface area contributed by atoms with E-state index in [2.05, 4.69) is 47.4 Å². The molecule has 0 unspecified atom stereocenters. The SMILES string of the molecule is COC(=O)/C=C/c1cccc(OC(=O)[C@@]2(C)CC[C@]3(C)CC[C@]4(C)C(=CC(=O)[C@@H]5[C@@]6(C)CC[C@H](OC(=O)[C@@H](N)CC[Se]C)C(C)(C)[C@@H]6CC[C@]54C)[C@H]3C2)c1. The van der Waals surface area contributed by atoms with Gasteiger partial charge in [-0.15, -0.1) is 0 Å². The van der Waals surface area contributed by atoms with Crippen LogP contribution < -0.4 is 10.5 Å². The van der Waals surface area contributed by atoms with Crippen molar-refractivity contribution in [3.8, 4) is 5.75 Å². The van der Waals surface area contributed by atoms with Crippen molar-refractivity contribution in [2.75, 3.05) is 7.11 Å². The first kappa shape index (κ1) is 40.9. The Kier molecular flexibility index (Phi) is 11.1. The number of benzene rings is 1. The minimum absolute atomic E-state index is 0.00277. The van der Waals surface area contributed by atoms with Gasteiger partial charge in [-0.05, 0) is 74.1 Å². The minimum Gasteiger partial charge on any atom is -0.0301 e. The predicted molar refractivity (Wildman–Crippen MR) is 211 cm³/mol. The standard InChI is InChI=1S/C45H63NO7Se/c1-40(2)34-15-19-45(7)37(43(34,5)18-16-35(40)53-38(49)32(46)17-24-54-9)33(47)26-30-31-27-42(4,21-20-41(31,3)22-23-44(30,45)6)39(50)52-29-12-10-11-28(25-29)13-14-36(48)51-8/h10-14,25-26,31-32,34-35,37H,15-24,27,46H2,1-9H3/b14-13+/t31-,32+,34+,35+,37-,41-,42+,43+,44-,45-/m1/s1. The van der Waals surface area contributed by atoms with Gasteiger partial charge in [-0.2, -0.15) is 0 Å². The molecule has 1 aromatic carbocycles. The monoisotopic (exact) mass is 809 g/mol. The van der Waals surface area contributed by atoms with E-state index in [0.717, 1.165) is 62.2 Å². The zero-order valence-corrected chi connectivity index (χ0v) is 35.8. The van der Waals surface area contributed by atoms with Gasteiger partial charge in [0.15, 0.2) is 0 Å². The molecule has 0 heterocycles. The molecule has 0 bridgehead atoms. The van der Waals surface area contributed by atoms with Gasteiger partial charge in [0.25, 0.3) is 0 Å². The number of fused-ring (bicyclic) bond motifs is 7. The van der Waals surface area contributed by atoms with E-state index in [1.54, 1.807) is 18.2 Å². The first-order chi connectivity index (χ1) is 25.3. The summed E-state index contributed by atoms with van der Waals surface area (Å²) in [5.74, 6) is 2.03. The first-order valence-corrected chi connectivity index (χ1v) is 23.0. The molecular weight excluding hydrogens is 745 g/mol. The molecule has 0 radical (unpaired) electrons. The summed E-state index contributed by atoms with van der Waals surface area (Å²) in [6.07, 6.45) is 13.3. The van der Waals surface area contributed by atoms with Crippen LogP contribution in [0.5, 0.6) is 5.75 Å². The summed E-state index contributed by atoms with van der Waals surface area (Å²) in [7, 11) is 1.33. The Balaban J connectivity index is 1.26. The Morgan fingerprint density at radius 2 is 1.70 bits per heavy atom. The molecule has 5 aliphatic rings. The number of nitrogens with two attached hydrogens (primary N) is 1. The summed E-state index contributed by atoms with van der Waals surface area (Å²) in [6, 6.07) is 6.59. The number of carbonyl (C=O) groups excluding carboxylic acids is 4. The van der Waals surface area contributed by atoms with Crippen LogP contribution in [-0.4, -0.2) is 57.9 Å². The van der Waals surface area contributed by atoms with Crippen molar-refractivity contribution in [1.29, 1.82) is 0 Å². The van der Waals surface area contributed by atoms with Crippen LogP contribution in [0.3, 0.4) is 0 Å². The van der Waals surface area contributed by atoms with Crippen LogP contribution in [0.15, 0.2) is 42.0 Å². The summed E-state index contributed by atoms with van der Waals surface area (Å²) in [4.78, 5) is 53.7. The van der Waals surface area contributed by atoms with Gasteiger partial charge < -0.3 is 9.47 Å². The van der Waals surface area contributed by atoms with E-state index >= 15 is 0 Å². The van der Waals surface area contributed by atoms with Crippen LogP contribution in [0.4, 0.5) is 0 Å². The number of rotatable bonds is 9. The van der Waals surface area contributed by atoms with E-state index in [4.69, 9.17) is 19.9 Å². The molecule has 296 valence electrons. The van der Waals surface area contributed by atoms with E-state index in [-0.39, 0.29) is 68.7 Å². The molecule has 0 amide bonds. The number of esters is 3. The van der Waals surface area contributed by atoms with Gasteiger partial charge in [0.2, 0.25) is 0 Å². The average molecular weight is 809 g/mol. The third kappa shape index (κ3) is 6.76. The van der Waals surface area contributed by atoms with E-state index in [9.17, 15) is 19.2 Å². The quantitative estimate of drug-likeness (QED) is 0.114. The van der Waals surface area contributed by atoms with Gasteiger partial charge >= 0.3 is 181 Å². The van der Waals surface area contributed by atoms with Crippen molar-refractivity contribution >= 4 is 44.7 Å². The second kappa shape index (κ2) is 14.6. The Bertz CT molecular complexity index is 1740. The molecule has 0 aromatic heterocycles. The number of allylic oxidation sites excluding steroid dienone is 2. The Labute approximate surface area is 329 Å². The molecule has 9 heteroatoms. The van der Waals surface area contributed by atoms with Gasteiger partial charge in [-0.25, -0.2) is 4.79 Å². The van der Waals surface area contributed by atoms with E-state index in [0.29, 0.717) is 33.5 Å². The van der Waals surface area contributed by atoms with Gasteiger partial charge in [-0.3, -0.25) is 4.79 Å². The number of ketones is 1. The number of methoxy groups -OCH3 is 1. The molecule has 54 heavy (non-hydrogen) atoms. The van der Waals surface area contributed by atoms with Crippen LogP contribution in [0.25, 0.3) is 6.08 Å². The normalized spacial score (nSPS) is 38.9. The number of hydrogen-bond acceptors (Lipinski definition) is 8. The van der Waals surface area contributed by atoms with Crippen molar-refractivity contribution in [2.24, 2.45) is 56.0 Å². The smallest absolute Gasteiger partial charge is 0.0301 e. The van der Waals surface area contributed by atoms with E-state index in [1.807, 2.05) is 25.1 Å². The van der Waals surface area contributed by atoms with Crippen LogP contribution in [-0.2, 0) is 28.7 Å². The summed E-state index contributed by atoms with van der Waals surface area (Å²) in [6.45, 7) is 16.1. The van der Waals surface area contributed by atoms with Crippen molar-refractivity contribution in [2.45, 2.75) is 136 Å². The van der Waals surface area contributed by atoms with Gasteiger partial charge in [0.05, 0.1) is 12.5 Å². The third-order valence-electron chi connectivity index (χ3n) is 15.9. The molecule has 4 saturated carbocycles. The first-order valence-electron chi connectivity index (χ1n) is 20.1. The van der Waals surface area contributed by atoms with Crippen LogP contribution >= 0.6 is 0 Å². The second-order valence-electron chi connectivity index (χ2n) is 19.2. The predicted octanol–water partition coefficient (Wildman–Crippen LogP) is 8.56. The summed E-state index contributed by atoms with van der Waals surface area (Å²) < 4.78 is 17.0. The Hall–Kier alpha value is -2.74. The zero-order chi connectivity index (χ0) is 39.5. The third-order valence-corrected chi connectivity index (χ3v) is 17.2. The molecule has 6 rings (SSSR count). The number of hydrogen-bond donors (Lipinski definition) is 1. The van der Waals surface area contributed by atoms with Crippen molar-refractivity contribution in [3.63, 3.8) is 0 Å². The molecule has 0 aliphatic heterocycles. The minimum atomic E-state index is -0.717. The van der Waals surface area contributed by atoms with Crippen molar-refractivity contribution in [1.82, 2.24) is 0 Å². The van der Waals surface area contributed by atoms with Gasteiger partial charge in [0, 0.05) is 6.08 Å². The number of carbonyl (C=O) groups is 4. The van der Waals surface area contributed by atoms with E-state index in [1.165, 1.54) is 18.8 Å². The maximum atomic E-state index is 14.9. The van der Waals surface area contributed by atoms with Gasteiger partial charge in [-0.1, -0.05) is 31.6 Å². The molecular formula is C45H63NO7Se. The van der Waals surface area contributed by atoms with Gasteiger partial charge in [0.1, 0.15) is 5.75 Å². The fourth-order valence-electron chi connectivity index (χ4n) is 12.3. The molecule has 0 saturated heterocycles. The Morgan fingerprint density at radius 3 is 2.41 bits per heavy atom. The molecule has 0 spiro atoms. The Morgan fingerprint density at radius 1 is 0.981 bits per heavy atom.